The number of ether oxygens (including phenoxy) is 2. The molecule has 0 bridgehead atoms. The molecule has 32 heavy (non-hydrogen) atoms. The molecule has 0 radical (unpaired) electrons. The predicted molar refractivity (Wildman–Crippen MR) is 115 cm³/mol. The van der Waals surface area contributed by atoms with Crippen LogP contribution in [0.1, 0.15) is 65.2 Å². The van der Waals surface area contributed by atoms with E-state index in [0.29, 0.717) is 24.2 Å². The molecule has 0 aromatic carbocycles. The molecule has 1 unspecified atom stereocenters. The molecule has 1 saturated heterocycles. The van der Waals surface area contributed by atoms with E-state index in [1.165, 1.54) is 5.57 Å². The van der Waals surface area contributed by atoms with Crippen molar-refractivity contribution in [1.82, 2.24) is 0 Å². The Kier molecular flexibility index (Phi) is 5.83. The lowest BCUT2D eigenvalue weighted by molar-refractivity contribution is -0.319. The van der Waals surface area contributed by atoms with Gasteiger partial charge in [0.25, 0.3) is 0 Å². The van der Waals surface area contributed by atoms with E-state index in [0.717, 1.165) is 44.9 Å². The lowest BCUT2D eigenvalue weighted by atomic mass is 9.47. The lowest BCUT2D eigenvalue weighted by Crippen LogP contribution is -2.60. The molecule has 7 heteroatoms. The third kappa shape index (κ3) is 3.35. The van der Waals surface area contributed by atoms with Crippen LogP contribution in [-0.2, 0) is 14.3 Å². The molecule has 0 aromatic heterocycles. The number of hydrogen-bond donors (Lipinski definition) is 4. The van der Waals surface area contributed by atoms with Gasteiger partial charge in [-0.2, -0.15) is 0 Å². The highest BCUT2D eigenvalue weighted by molar-refractivity contribution is 5.91. The summed E-state index contributed by atoms with van der Waals surface area (Å²) in [6.07, 6.45) is 3.50. The molecule has 7 nitrogen and oxygen atoms in total. The Bertz CT molecular complexity index is 780. The molecule has 4 aliphatic carbocycles. The fourth-order valence-electron chi connectivity index (χ4n) is 8.08. The van der Waals surface area contributed by atoms with Gasteiger partial charge in [0.15, 0.2) is 12.1 Å². The van der Waals surface area contributed by atoms with Crippen molar-refractivity contribution in [2.24, 2.45) is 28.6 Å². The summed E-state index contributed by atoms with van der Waals surface area (Å²) in [7, 11) is 0. The molecular formula is C25H38O7. The molecular weight excluding hydrogens is 412 g/mol. The van der Waals surface area contributed by atoms with Crippen LogP contribution in [0, 0.1) is 28.6 Å². The van der Waals surface area contributed by atoms with E-state index in [1.807, 2.05) is 6.08 Å². The highest BCUT2D eigenvalue weighted by Gasteiger charge is 2.60. The van der Waals surface area contributed by atoms with Crippen molar-refractivity contribution >= 4 is 5.78 Å². The highest BCUT2D eigenvalue weighted by atomic mass is 16.7. The molecule has 3 saturated carbocycles. The Hall–Kier alpha value is -0.830. The smallest absolute Gasteiger partial charge is 0.186 e. The minimum atomic E-state index is -1.41. The average molecular weight is 451 g/mol. The zero-order chi connectivity index (χ0) is 22.8. The Labute approximate surface area is 189 Å². The third-order valence-electron chi connectivity index (χ3n) is 10.0. The highest BCUT2D eigenvalue weighted by Crippen LogP contribution is 2.65. The second kappa shape index (κ2) is 8.14. The van der Waals surface area contributed by atoms with Gasteiger partial charge in [-0.25, -0.2) is 0 Å². The zero-order valence-electron chi connectivity index (χ0n) is 19.2. The van der Waals surface area contributed by atoms with Gasteiger partial charge < -0.3 is 29.9 Å². The van der Waals surface area contributed by atoms with Crippen LogP contribution >= 0.6 is 0 Å². The number of aliphatic hydroxyl groups is 4. The van der Waals surface area contributed by atoms with E-state index >= 15 is 0 Å². The summed E-state index contributed by atoms with van der Waals surface area (Å²) in [6, 6.07) is 0. The van der Waals surface area contributed by atoms with Gasteiger partial charge in [0.2, 0.25) is 0 Å². The summed E-state index contributed by atoms with van der Waals surface area (Å²) in [6.45, 7) is 4.23. The fourth-order valence-corrected chi connectivity index (χ4v) is 8.08. The molecule has 1 aliphatic heterocycles. The van der Waals surface area contributed by atoms with Crippen molar-refractivity contribution in [3.63, 3.8) is 0 Å². The molecule has 5 aliphatic rings. The maximum Gasteiger partial charge on any atom is 0.186 e. The number of carbonyl (C=O) groups is 1. The molecule has 5 rings (SSSR count). The van der Waals surface area contributed by atoms with Crippen LogP contribution in [-0.4, -0.2) is 69.6 Å². The first-order valence-electron chi connectivity index (χ1n) is 12.4. The molecule has 0 spiro atoms. The minimum absolute atomic E-state index is 0.0396. The second-order valence-electron chi connectivity index (χ2n) is 11.4. The van der Waals surface area contributed by atoms with E-state index < -0.39 is 37.3 Å². The van der Waals surface area contributed by atoms with E-state index in [-0.39, 0.29) is 22.7 Å². The lowest BCUT2D eigenvalue weighted by Gasteiger charge is -2.58. The topological polar surface area (TPSA) is 116 Å². The fraction of sp³-hybridized carbons (Fsp3) is 0.880. The second-order valence-corrected chi connectivity index (χ2v) is 11.4. The Morgan fingerprint density at radius 2 is 1.78 bits per heavy atom. The van der Waals surface area contributed by atoms with Crippen LogP contribution < -0.4 is 0 Å². The molecule has 0 amide bonds. The SMILES string of the molecule is C[C@]12CC[C@H]3[C@@H](CCC4=CC(=O)CC[C@@]43C)[C@@H]1CC[C@@H]2OC1O[C@H](CO)[C@@H](O)[C@H](O)[C@H]1O. The number of fused-ring (bicyclic) bond motifs is 5. The summed E-state index contributed by atoms with van der Waals surface area (Å²) in [5, 5.41) is 40.2. The van der Waals surface area contributed by atoms with Gasteiger partial charge in [0, 0.05) is 6.42 Å². The molecule has 1 heterocycles. The zero-order valence-corrected chi connectivity index (χ0v) is 19.2. The number of carbonyl (C=O) groups excluding carboxylic acids is 1. The molecule has 0 aromatic rings. The van der Waals surface area contributed by atoms with E-state index in [9.17, 15) is 25.2 Å². The Morgan fingerprint density at radius 1 is 1.00 bits per heavy atom. The van der Waals surface area contributed by atoms with Crippen molar-refractivity contribution in [2.75, 3.05) is 6.61 Å². The van der Waals surface area contributed by atoms with Crippen molar-refractivity contribution in [3.05, 3.63) is 11.6 Å². The maximum atomic E-state index is 12.0. The number of rotatable bonds is 3. The van der Waals surface area contributed by atoms with E-state index in [2.05, 4.69) is 13.8 Å². The van der Waals surface area contributed by atoms with Crippen molar-refractivity contribution in [1.29, 1.82) is 0 Å². The summed E-state index contributed by atoms with van der Waals surface area (Å²) in [5.41, 5.74) is 1.46. The van der Waals surface area contributed by atoms with E-state index in [4.69, 9.17) is 9.47 Å². The van der Waals surface area contributed by atoms with Gasteiger partial charge in [-0.15, -0.1) is 0 Å². The predicted octanol–water partition coefficient (Wildman–Crippen LogP) is 1.70. The van der Waals surface area contributed by atoms with Gasteiger partial charge in [0.1, 0.15) is 24.4 Å². The number of allylic oxidation sites excluding steroid dienone is 1. The van der Waals surface area contributed by atoms with Gasteiger partial charge >= 0.3 is 0 Å². The number of hydrogen-bond acceptors (Lipinski definition) is 7. The average Bonchev–Trinajstić information content (AvgIpc) is 3.10. The van der Waals surface area contributed by atoms with Crippen molar-refractivity contribution < 1.29 is 34.7 Å². The molecule has 11 atom stereocenters. The van der Waals surface area contributed by atoms with Crippen LogP contribution in [0.4, 0.5) is 0 Å². The van der Waals surface area contributed by atoms with Crippen LogP contribution in [0.15, 0.2) is 11.6 Å². The number of aliphatic hydroxyl groups excluding tert-OH is 4. The third-order valence-corrected chi connectivity index (χ3v) is 10.0. The first-order chi connectivity index (χ1) is 15.2. The monoisotopic (exact) mass is 450 g/mol. The van der Waals surface area contributed by atoms with Gasteiger partial charge in [0.05, 0.1) is 12.7 Å². The van der Waals surface area contributed by atoms with Crippen molar-refractivity contribution in [3.8, 4) is 0 Å². The van der Waals surface area contributed by atoms with Crippen LogP contribution in [0.3, 0.4) is 0 Å². The Balaban J connectivity index is 1.33. The van der Waals surface area contributed by atoms with Crippen LogP contribution in [0.25, 0.3) is 0 Å². The Morgan fingerprint density at radius 3 is 2.53 bits per heavy atom. The maximum absolute atomic E-state index is 12.0. The molecule has 4 N–H and O–H groups in total. The van der Waals surface area contributed by atoms with Gasteiger partial charge in [-0.1, -0.05) is 19.4 Å². The first-order valence-corrected chi connectivity index (χ1v) is 12.4. The molecule has 180 valence electrons. The minimum Gasteiger partial charge on any atom is -0.394 e. The van der Waals surface area contributed by atoms with Crippen LogP contribution in [0.5, 0.6) is 0 Å². The quantitative estimate of drug-likeness (QED) is 0.517. The van der Waals surface area contributed by atoms with Crippen molar-refractivity contribution in [2.45, 2.75) is 102 Å². The first kappa shape index (κ1) is 22.9. The van der Waals surface area contributed by atoms with Crippen LogP contribution in [0.2, 0.25) is 0 Å². The summed E-state index contributed by atoms with van der Waals surface area (Å²) in [4.78, 5) is 12.0. The summed E-state index contributed by atoms with van der Waals surface area (Å²) >= 11 is 0. The summed E-state index contributed by atoms with van der Waals surface area (Å²) < 4.78 is 12.0. The van der Waals surface area contributed by atoms with Gasteiger partial charge in [-0.05, 0) is 79.6 Å². The van der Waals surface area contributed by atoms with E-state index in [1.54, 1.807) is 0 Å². The van der Waals surface area contributed by atoms with Gasteiger partial charge in [-0.3, -0.25) is 4.79 Å². The largest absolute Gasteiger partial charge is 0.394 e. The standard InChI is InChI=1S/C25H38O7/c1-24-9-7-14(27)11-13(24)3-4-15-16-5-6-19(25(16,2)10-8-17(15)24)32-23-22(30)21(29)20(28)18(12-26)31-23/h11,15-23,26,28-30H,3-10,12H2,1-2H3/t15-,16-,17-,18+,19-,20+,21-,22+,23?,24-,25-/m0/s1. The number of ketones is 1. The summed E-state index contributed by atoms with van der Waals surface area (Å²) in [5.74, 6) is 2.00. The molecule has 4 fully saturated rings. The normalized spacial score (nSPS) is 53.2.